The Morgan fingerprint density at radius 2 is 1.78 bits per heavy atom. The van der Waals surface area contributed by atoms with Crippen molar-refractivity contribution in [3.63, 3.8) is 0 Å². The molecule has 23 heavy (non-hydrogen) atoms. The van der Waals surface area contributed by atoms with E-state index in [1.807, 2.05) is 18.2 Å². The quantitative estimate of drug-likeness (QED) is 0.776. The maximum Gasteiger partial charge on any atom is 0.238 e. The minimum Gasteiger partial charge on any atom is -0.324 e. The Hall–Kier alpha value is -1.55. The lowest BCUT2D eigenvalue weighted by Gasteiger charge is -2.22. The third-order valence-electron chi connectivity index (χ3n) is 3.51. The summed E-state index contributed by atoms with van der Waals surface area (Å²) in [5.74, 6) is 0.204. The molecule has 2 aromatic carbocycles. The van der Waals surface area contributed by atoms with Crippen molar-refractivity contribution in [1.82, 2.24) is 5.32 Å². The van der Waals surface area contributed by atoms with Crippen molar-refractivity contribution in [2.45, 2.75) is 19.9 Å². The third-order valence-corrected chi connectivity index (χ3v) is 4.08. The number of hydrogen-bond donors (Lipinski definition) is 2. The Morgan fingerprint density at radius 3 is 2.43 bits per heavy atom. The first-order valence-corrected chi connectivity index (χ1v) is 8.26. The van der Waals surface area contributed by atoms with Crippen LogP contribution < -0.4 is 10.6 Å². The van der Waals surface area contributed by atoms with Crippen LogP contribution in [0, 0.1) is 5.92 Å². The second-order valence-corrected chi connectivity index (χ2v) is 6.53. The lowest BCUT2D eigenvalue weighted by molar-refractivity contribution is -0.115. The fraction of sp³-hybridized carbons (Fsp3) is 0.278. The first-order valence-electron chi connectivity index (χ1n) is 7.50. The lowest BCUT2D eigenvalue weighted by atomic mass is 9.96. The highest BCUT2D eigenvalue weighted by atomic mass is 35.5. The van der Waals surface area contributed by atoms with Crippen LogP contribution in [-0.2, 0) is 4.79 Å². The number of carbonyl (C=O) groups excluding carboxylic acids is 1. The molecule has 5 heteroatoms. The molecule has 2 rings (SSSR count). The summed E-state index contributed by atoms with van der Waals surface area (Å²) in [5.41, 5.74) is 1.68. The van der Waals surface area contributed by atoms with Gasteiger partial charge in [-0.1, -0.05) is 67.4 Å². The van der Waals surface area contributed by atoms with E-state index in [4.69, 9.17) is 23.2 Å². The first-order chi connectivity index (χ1) is 11.0. The zero-order valence-electron chi connectivity index (χ0n) is 13.1. The number of rotatable bonds is 6. The van der Waals surface area contributed by atoms with Gasteiger partial charge in [0.25, 0.3) is 0 Å². The van der Waals surface area contributed by atoms with Gasteiger partial charge in [-0.15, -0.1) is 0 Å². The second-order valence-electron chi connectivity index (χ2n) is 5.69. The minimum absolute atomic E-state index is 0.108. The van der Waals surface area contributed by atoms with Crippen molar-refractivity contribution in [2.24, 2.45) is 5.92 Å². The number of hydrogen-bond acceptors (Lipinski definition) is 2. The molecule has 1 atom stereocenters. The van der Waals surface area contributed by atoms with Gasteiger partial charge in [-0.05, 0) is 29.7 Å². The predicted molar refractivity (Wildman–Crippen MR) is 97.1 cm³/mol. The molecule has 0 radical (unpaired) electrons. The molecule has 0 spiro atoms. The topological polar surface area (TPSA) is 41.1 Å². The molecular formula is C18H20Cl2N2O. The second kappa shape index (κ2) is 8.34. The fourth-order valence-corrected chi connectivity index (χ4v) is 2.73. The molecule has 0 aromatic heterocycles. The van der Waals surface area contributed by atoms with E-state index in [1.54, 1.807) is 18.2 Å². The summed E-state index contributed by atoms with van der Waals surface area (Å²) in [6, 6.07) is 15.2. The van der Waals surface area contributed by atoms with Crippen molar-refractivity contribution in [2.75, 3.05) is 11.9 Å². The molecule has 1 amide bonds. The van der Waals surface area contributed by atoms with Crippen LogP contribution in [0.5, 0.6) is 0 Å². The third kappa shape index (κ3) is 5.24. The van der Waals surface area contributed by atoms with E-state index in [0.29, 0.717) is 21.7 Å². The molecule has 0 bridgehead atoms. The summed E-state index contributed by atoms with van der Waals surface area (Å²) >= 11 is 12.0. The van der Waals surface area contributed by atoms with Crippen LogP contribution in [0.2, 0.25) is 10.0 Å². The molecule has 0 unspecified atom stereocenters. The van der Waals surface area contributed by atoms with Crippen molar-refractivity contribution in [1.29, 1.82) is 0 Å². The van der Waals surface area contributed by atoms with E-state index < -0.39 is 0 Å². The van der Waals surface area contributed by atoms with Crippen molar-refractivity contribution in [3.05, 3.63) is 64.1 Å². The lowest BCUT2D eigenvalue weighted by Crippen LogP contribution is -2.33. The first kappa shape index (κ1) is 17.8. The summed E-state index contributed by atoms with van der Waals surface area (Å²) in [6.45, 7) is 4.44. The largest absolute Gasteiger partial charge is 0.324 e. The van der Waals surface area contributed by atoms with Gasteiger partial charge in [0.2, 0.25) is 5.91 Å². The molecule has 0 saturated carbocycles. The molecule has 3 nitrogen and oxygen atoms in total. The van der Waals surface area contributed by atoms with E-state index in [0.717, 1.165) is 5.56 Å². The monoisotopic (exact) mass is 350 g/mol. The Labute approximate surface area is 147 Å². The van der Waals surface area contributed by atoms with Crippen molar-refractivity contribution in [3.8, 4) is 0 Å². The van der Waals surface area contributed by atoms with Crippen molar-refractivity contribution >= 4 is 34.8 Å². The van der Waals surface area contributed by atoms with Gasteiger partial charge in [0.1, 0.15) is 0 Å². The van der Waals surface area contributed by atoms with E-state index >= 15 is 0 Å². The fourth-order valence-electron chi connectivity index (χ4n) is 2.39. The highest BCUT2D eigenvalue weighted by molar-refractivity contribution is 6.35. The molecule has 0 heterocycles. The predicted octanol–water partition coefficient (Wildman–Crippen LogP) is 4.92. The number of halogens is 2. The number of nitrogens with one attached hydrogen (secondary N) is 2. The summed E-state index contributed by atoms with van der Waals surface area (Å²) < 4.78 is 0. The Morgan fingerprint density at radius 1 is 1.09 bits per heavy atom. The summed E-state index contributed by atoms with van der Waals surface area (Å²) in [5, 5.41) is 7.07. The van der Waals surface area contributed by atoms with Gasteiger partial charge in [0.15, 0.2) is 0 Å². The molecule has 0 aliphatic heterocycles. The Balaban J connectivity index is 1.98. The molecule has 0 aliphatic rings. The molecular weight excluding hydrogens is 331 g/mol. The zero-order chi connectivity index (χ0) is 16.8. The van der Waals surface area contributed by atoms with Gasteiger partial charge in [-0.3, -0.25) is 4.79 Å². The van der Waals surface area contributed by atoms with Gasteiger partial charge in [-0.25, -0.2) is 0 Å². The minimum atomic E-state index is -0.157. The van der Waals surface area contributed by atoms with Crippen LogP contribution in [0.15, 0.2) is 48.5 Å². The molecule has 2 N–H and O–H groups in total. The van der Waals surface area contributed by atoms with Crippen LogP contribution in [0.25, 0.3) is 0 Å². The SMILES string of the molecule is CC(C)[C@H](NCC(=O)Nc1cc(Cl)ccc1Cl)c1ccccc1. The van der Waals surface area contributed by atoms with E-state index in [2.05, 4.69) is 36.6 Å². The average molecular weight is 351 g/mol. The summed E-state index contributed by atoms with van der Waals surface area (Å²) in [4.78, 5) is 12.2. The van der Waals surface area contributed by atoms with Crippen LogP contribution in [0.3, 0.4) is 0 Å². The van der Waals surface area contributed by atoms with Crippen LogP contribution in [0.1, 0.15) is 25.5 Å². The number of benzene rings is 2. The molecule has 2 aromatic rings. The average Bonchev–Trinajstić information content (AvgIpc) is 2.52. The molecule has 0 fully saturated rings. The molecule has 0 saturated heterocycles. The number of carbonyl (C=O) groups is 1. The van der Waals surface area contributed by atoms with Gasteiger partial charge in [-0.2, -0.15) is 0 Å². The van der Waals surface area contributed by atoms with Crippen LogP contribution >= 0.6 is 23.2 Å². The highest BCUT2D eigenvalue weighted by Gasteiger charge is 2.16. The maximum atomic E-state index is 12.2. The standard InChI is InChI=1S/C18H20Cl2N2O/c1-12(2)18(13-6-4-3-5-7-13)21-11-17(23)22-16-10-14(19)8-9-15(16)20/h3-10,12,18,21H,11H2,1-2H3,(H,22,23)/t18-/m0/s1. The van der Waals surface area contributed by atoms with Crippen molar-refractivity contribution < 1.29 is 4.79 Å². The van der Waals surface area contributed by atoms with E-state index in [9.17, 15) is 4.79 Å². The van der Waals surface area contributed by atoms with E-state index in [-0.39, 0.29) is 18.5 Å². The Kier molecular flexibility index (Phi) is 6.46. The highest BCUT2D eigenvalue weighted by Crippen LogP contribution is 2.25. The normalized spacial score (nSPS) is 12.2. The molecule has 122 valence electrons. The van der Waals surface area contributed by atoms with Gasteiger partial charge < -0.3 is 10.6 Å². The maximum absolute atomic E-state index is 12.2. The summed E-state index contributed by atoms with van der Waals surface area (Å²) in [7, 11) is 0. The smallest absolute Gasteiger partial charge is 0.238 e. The van der Waals surface area contributed by atoms with Gasteiger partial charge in [0, 0.05) is 11.1 Å². The van der Waals surface area contributed by atoms with Crippen LogP contribution in [-0.4, -0.2) is 12.5 Å². The Bertz CT molecular complexity index is 659. The molecule has 0 aliphatic carbocycles. The number of anilines is 1. The van der Waals surface area contributed by atoms with Gasteiger partial charge in [0.05, 0.1) is 17.3 Å². The van der Waals surface area contributed by atoms with Gasteiger partial charge >= 0.3 is 0 Å². The zero-order valence-corrected chi connectivity index (χ0v) is 14.7. The van der Waals surface area contributed by atoms with E-state index in [1.165, 1.54) is 0 Å². The summed E-state index contributed by atoms with van der Waals surface area (Å²) in [6.07, 6.45) is 0. The number of amides is 1. The van der Waals surface area contributed by atoms with Crippen LogP contribution in [0.4, 0.5) is 5.69 Å².